The Bertz CT molecular complexity index is 959. The molecule has 0 radical (unpaired) electrons. The highest BCUT2D eigenvalue weighted by atomic mass is 19.1. The number of nitrogens with one attached hydrogen (secondary N) is 1. The molecule has 0 aliphatic heterocycles. The standard InChI is InChI=1S/C25H28FNO3/c1-3-18-6-4-5-7-22(18)20-10-13-24(23(26)16-20)30-15-14-27-17(2)25(29)19-8-11-21(28)12-9-19/h4-13,16-17,25,27-29H,3,14-15H2,1-2H3/t17-,25-/m1/s1. The summed E-state index contributed by atoms with van der Waals surface area (Å²) in [5.41, 5.74) is 3.75. The van der Waals surface area contributed by atoms with Gasteiger partial charge in [0.2, 0.25) is 0 Å². The number of phenols is 1. The molecule has 4 nitrogen and oxygen atoms in total. The smallest absolute Gasteiger partial charge is 0.165 e. The summed E-state index contributed by atoms with van der Waals surface area (Å²) in [6, 6.07) is 19.3. The van der Waals surface area contributed by atoms with E-state index in [2.05, 4.69) is 18.3 Å². The van der Waals surface area contributed by atoms with Crippen molar-refractivity contribution < 1.29 is 19.3 Å². The number of aromatic hydroxyl groups is 1. The van der Waals surface area contributed by atoms with Crippen LogP contribution in [0.5, 0.6) is 11.5 Å². The van der Waals surface area contributed by atoms with Crippen LogP contribution in [0, 0.1) is 5.82 Å². The number of rotatable bonds is 9. The molecule has 3 rings (SSSR count). The van der Waals surface area contributed by atoms with Crippen LogP contribution in [0.1, 0.15) is 31.1 Å². The minimum atomic E-state index is -0.722. The molecule has 3 aromatic carbocycles. The van der Waals surface area contributed by atoms with Gasteiger partial charge in [-0.2, -0.15) is 0 Å². The quantitative estimate of drug-likeness (QED) is 0.442. The van der Waals surface area contributed by atoms with Crippen LogP contribution in [0.3, 0.4) is 0 Å². The number of hydrogen-bond donors (Lipinski definition) is 3. The Kier molecular flexibility index (Phi) is 7.44. The molecule has 0 aromatic heterocycles. The van der Waals surface area contributed by atoms with Crippen molar-refractivity contribution >= 4 is 0 Å². The maximum atomic E-state index is 14.5. The van der Waals surface area contributed by atoms with Gasteiger partial charge in [0, 0.05) is 12.6 Å². The predicted octanol–water partition coefficient (Wildman–Crippen LogP) is 4.85. The van der Waals surface area contributed by atoms with Crippen molar-refractivity contribution in [3.05, 3.63) is 83.7 Å². The van der Waals surface area contributed by atoms with Crippen LogP contribution >= 0.6 is 0 Å². The summed E-state index contributed by atoms with van der Waals surface area (Å²) in [4.78, 5) is 0. The van der Waals surface area contributed by atoms with Crippen LogP contribution in [0.2, 0.25) is 0 Å². The Hall–Kier alpha value is -2.89. The van der Waals surface area contributed by atoms with Crippen LogP contribution in [0.25, 0.3) is 11.1 Å². The Labute approximate surface area is 177 Å². The third kappa shape index (κ3) is 5.38. The molecule has 0 aliphatic rings. The third-order valence-corrected chi connectivity index (χ3v) is 5.18. The maximum Gasteiger partial charge on any atom is 0.165 e. The first-order valence-electron chi connectivity index (χ1n) is 10.2. The lowest BCUT2D eigenvalue weighted by Gasteiger charge is -2.21. The summed E-state index contributed by atoms with van der Waals surface area (Å²) < 4.78 is 20.1. The molecule has 0 aliphatic carbocycles. The van der Waals surface area contributed by atoms with Crippen LogP contribution in [0.15, 0.2) is 66.7 Å². The molecule has 2 atom stereocenters. The van der Waals surface area contributed by atoms with Crippen molar-refractivity contribution in [3.8, 4) is 22.6 Å². The molecule has 0 spiro atoms. The van der Waals surface area contributed by atoms with Gasteiger partial charge in [0.15, 0.2) is 11.6 Å². The van der Waals surface area contributed by atoms with E-state index < -0.39 is 11.9 Å². The average Bonchev–Trinajstić information content (AvgIpc) is 2.77. The summed E-state index contributed by atoms with van der Waals surface area (Å²) in [6.07, 6.45) is 0.163. The van der Waals surface area contributed by atoms with Gasteiger partial charge < -0.3 is 20.3 Å². The topological polar surface area (TPSA) is 61.7 Å². The number of hydrogen-bond acceptors (Lipinski definition) is 4. The average molecular weight is 410 g/mol. The molecule has 0 unspecified atom stereocenters. The molecule has 5 heteroatoms. The van der Waals surface area contributed by atoms with Crippen molar-refractivity contribution in [1.82, 2.24) is 5.32 Å². The summed E-state index contributed by atoms with van der Waals surface area (Å²) in [7, 11) is 0. The first-order valence-corrected chi connectivity index (χ1v) is 10.2. The van der Waals surface area contributed by atoms with Crippen molar-refractivity contribution in [2.75, 3.05) is 13.2 Å². The monoisotopic (exact) mass is 409 g/mol. The summed E-state index contributed by atoms with van der Waals surface area (Å²) in [6.45, 7) is 4.67. The molecule has 0 amide bonds. The van der Waals surface area contributed by atoms with Crippen molar-refractivity contribution in [1.29, 1.82) is 0 Å². The van der Waals surface area contributed by atoms with Crippen LogP contribution in [-0.2, 0) is 6.42 Å². The number of benzene rings is 3. The molecule has 0 saturated carbocycles. The molecule has 158 valence electrons. The van der Waals surface area contributed by atoms with E-state index in [1.807, 2.05) is 31.2 Å². The second-order valence-electron chi connectivity index (χ2n) is 7.28. The second kappa shape index (κ2) is 10.2. The van der Waals surface area contributed by atoms with Crippen LogP contribution in [-0.4, -0.2) is 29.4 Å². The molecular weight excluding hydrogens is 381 g/mol. The van der Waals surface area contributed by atoms with Gasteiger partial charge in [0.05, 0.1) is 6.10 Å². The Morgan fingerprint density at radius 1 is 1.03 bits per heavy atom. The Balaban J connectivity index is 1.53. The Morgan fingerprint density at radius 2 is 1.77 bits per heavy atom. The number of aliphatic hydroxyl groups is 1. The van der Waals surface area contributed by atoms with Crippen molar-refractivity contribution in [3.63, 3.8) is 0 Å². The maximum absolute atomic E-state index is 14.5. The zero-order chi connectivity index (χ0) is 21.5. The van der Waals surface area contributed by atoms with E-state index in [1.54, 1.807) is 30.3 Å². The molecule has 30 heavy (non-hydrogen) atoms. The molecule has 0 heterocycles. The highest BCUT2D eigenvalue weighted by molar-refractivity contribution is 5.68. The van der Waals surface area contributed by atoms with Crippen LogP contribution < -0.4 is 10.1 Å². The lowest BCUT2D eigenvalue weighted by Crippen LogP contribution is -2.35. The largest absolute Gasteiger partial charge is 0.508 e. The van der Waals surface area contributed by atoms with E-state index in [9.17, 15) is 14.6 Å². The normalized spacial score (nSPS) is 13.1. The fourth-order valence-electron chi connectivity index (χ4n) is 3.42. The van der Waals surface area contributed by atoms with Gasteiger partial charge in [-0.25, -0.2) is 4.39 Å². The molecular formula is C25H28FNO3. The van der Waals surface area contributed by atoms with E-state index >= 15 is 0 Å². The zero-order valence-corrected chi connectivity index (χ0v) is 17.3. The van der Waals surface area contributed by atoms with Gasteiger partial charge in [0.25, 0.3) is 0 Å². The highest BCUT2D eigenvalue weighted by Gasteiger charge is 2.16. The van der Waals surface area contributed by atoms with Crippen molar-refractivity contribution in [2.24, 2.45) is 0 Å². The molecule has 0 saturated heterocycles. The van der Waals surface area contributed by atoms with Gasteiger partial charge in [-0.05, 0) is 59.9 Å². The van der Waals surface area contributed by atoms with Gasteiger partial charge in [-0.15, -0.1) is 0 Å². The predicted molar refractivity (Wildman–Crippen MR) is 117 cm³/mol. The van der Waals surface area contributed by atoms with Crippen LogP contribution in [0.4, 0.5) is 4.39 Å². The molecule has 0 bridgehead atoms. The highest BCUT2D eigenvalue weighted by Crippen LogP contribution is 2.28. The second-order valence-corrected chi connectivity index (χ2v) is 7.28. The van der Waals surface area contributed by atoms with E-state index in [0.717, 1.165) is 17.5 Å². The van der Waals surface area contributed by atoms with E-state index in [-0.39, 0.29) is 24.1 Å². The fraction of sp³-hybridized carbons (Fsp3) is 0.280. The number of aryl methyl sites for hydroxylation is 1. The number of phenolic OH excluding ortho intramolecular Hbond substituents is 1. The number of ether oxygens (including phenoxy) is 1. The van der Waals surface area contributed by atoms with E-state index in [4.69, 9.17) is 4.74 Å². The number of aliphatic hydroxyl groups excluding tert-OH is 1. The lowest BCUT2D eigenvalue weighted by molar-refractivity contribution is 0.133. The first kappa shape index (κ1) is 21.8. The minimum absolute atomic E-state index is 0.159. The molecule has 3 aromatic rings. The SMILES string of the molecule is CCc1ccccc1-c1ccc(OCCN[C@H](C)[C@@H](O)c2ccc(O)cc2)c(F)c1. The fourth-order valence-corrected chi connectivity index (χ4v) is 3.42. The summed E-state index contributed by atoms with van der Waals surface area (Å²) in [5.74, 6) is -0.0250. The molecule has 3 N–H and O–H groups in total. The zero-order valence-electron chi connectivity index (χ0n) is 17.3. The third-order valence-electron chi connectivity index (χ3n) is 5.18. The summed E-state index contributed by atoms with van der Waals surface area (Å²) >= 11 is 0. The summed E-state index contributed by atoms with van der Waals surface area (Å²) in [5, 5.41) is 22.9. The van der Waals surface area contributed by atoms with E-state index in [0.29, 0.717) is 12.1 Å². The Morgan fingerprint density at radius 3 is 2.47 bits per heavy atom. The number of halogens is 1. The van der Waals surface area contributed by atoms with Crippen molar-refractivity contribution in [2.45, 2.75) is 32.4 Å². The minimum Gasteiger partial charge on any atom is -0.508 e. The van der Waals surface area contributed by atoms with Gasteiger partial charge >= 0.3 is 0 Å². The van der Waals surface area contributed by atoms with Gasteiger partial charge in [-0.3, -0.25) is 0 Å². The molecule has 0 fully saturated rings. The van der Waals surface area contributed by atoms with E-state index in [1.165, 1.54) is 11.6 Å². The van der Waals surface area contributed by atoms with Gasteiger partial charge in [0.1, 0.15) is 12.4 Å². The lowest BCUT2D eigenvalue weighted by atomic mass is 9.98. The first-order chi connectivity index (χ1) is 14.5. The van der Waals surface area contributed by atoms with Gasteiger partial charge in [-0.1, -0.05) is 49.4 Å².